The molecule has 5 rings (SSSR count). The Balaban J connectivity index is 1.88. The molecule has 0 N–H and O–H groups in total. The zero-order valence-electron chi connectivity index (χ0n) is 14.2. The molecule has 25 heavy (non-hydrogen) atoms. The van der Waals surface area contributed by atoms with Gasteiger partial charge in [0.25, 0.3) is 0 Å². The molecule has 122 valence electrons. The number of fused-ring (bicyclic) bond motifs is 4. The van der Waals surface area contributed by atoms with Crippen LogP contribution in [-0.4, -0.2) is 14.5 Å². The van der Waals surface area contributed by atoms with Crippen molar-refractivity contribution in [2.75, 3.05) is 0 Å². The average molecular weight is 343 g/mol. The van der Waals surface area contributed by atoms with Gasteiger partial charge in [0, 0.05) is 33.3 Å². The molecule has 5 aromatic rings. The van der Waals surface area contributed by atoms with Crippen LogP contribution >= 0.6 is 11.3 Å². The van der Waals surface area contributed by atoms with Gasteiger partial charge >= 0.3 is 0 Å². The first-order valence-corrected chi connectivity index (χ1v) is 9.32. The van der Waals surface area contributed by atoms with E-state index in [1.807, 2.05) is 13.0 Å². The number of hydrogen-bond acceptors (Lipinski definition) is 3. The largest absolute Gasteiger partial charge is 0.324 e. The van der Waals surface area contributed by atoms with Crippen LogP contribution in [0.4, 0.5) is 0 Å². The summed E-state index contributed by atoms with van der Waals surface area (Å²) in [6, 6.07) is 19.1. The molecule has 3 nitrogen and oxygen atoms in total. The average Bonchev–Trinajstić information content (AvgIpc) is 3.18. The molecule has 0 saturated carbocycles. The smallest absolute Gasteiger partial charge is 0.142 e. The lowest BCUT2D eigenvalue weighted by molar-refractivity contribution is 0.797. The lowest BCUT2D eigenvalue weighted by atomic mass is 10.1. The summed E-state index contributed by atoms with van der Waals surface area (Å²) >= 11 is 1.76. The van der Waals surface area contributed by atoms with Crippen LogP contribution in [0.5, 0.6) is 0 Å². The third kappa shape index (κ3) is 2.11. The molecule has 0 bridgehead atoms. The fraction of sp³-hybridized carbons (Fsp3) is 0.143. The molecule has 3 aromatic heterocycles. The maximum atomic E-state index is 4.94. The molecule has 0 aliphatic rings. The van der Waals surface area contributed by atoms with E-state index in [2.05, 4.69) is 60.0 Å². The van der Waals surface area contributed by atoms with Gasteiger partial charge in [0.2, 0.25) is 0 Å². The fourth-order valence-corrected chi connectivity index (χ4v) is 4.78. The number of pyridine rings is 1. The Hall–Kier alpha value is -2.72. The van der Waals surface area contributed by atoms with Crippen molar-refractivity contribution in [2.24, 2.45) is 0 Å². The minimum absolute atomic E-state index is 0.897. The van der Waals surface area contributed by atoms with Gasteiger partial charge in [0.15, 0.2) is 0 Å². The Morgan fingerprint density at radius 3 is 2.68 bits per heavy atom. The van der Waals surface area contributed by atoms with Crippen molar-refractivity contribution < 1.29 is 0 Å². The van der Waals surface area contributed by atoms with Crippen molar-refractivity contribution in [3.63, 3.8) is 0 Å². The van der Waals surface area contributed by atoms with Gasteiger partial charge in [-0.05, 0) is 44.2 Å². The van der Waals surface area contributed by atoms with E-state index < -0.39 is 0 Å². The summed E-state index contributed by atoms with van der Waals surface area (Å²) in [5.74, 6) is 1.04. The van der Waals surface area contributed by atoms with Gasteiger partial charge in [0.05, 0.1) is 11.0 Å². The third-order valence-corrected chi connectivity index (χ3v) is 5.86. The monoisotopic (exact) mass is 343 g/mol. The van der Waals surface area contributed by atoms with Gasteiger partial charge in [-0.2, -0.15) is 0 Å². The molecule has 0 atom stereocenters. The molecule has 0 spiro atoms. The van der Waals surface area contributed by atoms with Crippen LogP contribution in [0.1, 0.15) is 12.6 Å². The highest BCUT2D eigenvalue weighted by Gasteiger charge is 2.16. The van der Waals surface area contributed by atoms with Gasteiger partial charge in [-0.1, -0.05) is 24.3 Å². The number of aryl methyl sites for hydroxylation is 2. The highest BCUT2D eigenvalue weighted by Crippen LogP contribution is 2.39. The molecule has 2 aromatic carbocycles. The van der Waals surface area contributed by atoms with E-state index in [-0.39, 0.29) is 0 Å². The Morgan fingerprint density at radius 2 is 1.80 bits per heavy atom. The lowest BCUT2D eigenvalue weighted by Gasteiger charge is -2.07. The zero-order valence-corrected chi connectivity index (χ0v) is 15.0. The molecular weight excluding hydrogens is 326 g/mol. The summed E-state index contributed by atoms with van der Waals surface area (Å²) in [6.45, 7) is 5.11. The second-order valence-electron chi connectivity index (χ2n) is 6.26. The first kappa shape index (κ1) is 14.6. The van der Waals surface area contributed by atoms with Gasteiger partial charge in [0.1, 0.15) is 10.7 Å². The number of nitrogens with zero attached hydrogens (tertiary/aromatic N) is 3. The molecular formula is C21H17N3S. The van der Waals surface area contributed by atoms with Crippen LogP contribution in [-0.2, 0) is 6.54 Å². The summed E-state index contributed by atoms with van der Waals surface area (Å²) in [5, 5.41) is 2.49. The molecule has 0 aliphatic carbocycles. The van der Waals surface area contributed by atoms with Crippen molar-refractivity contribution in [2.45, 2.75) is 20.4 Å². The number of para-hydroxylation sites is 2. The van der Waals surface area contributed by atoms with E-state index in [1.165, 1.54) is 26.6 Å². The first-order chi connectivity index (χ1) is 12.3. The number of thiophene rings is 1. The number of aromatic nitrogens is 3. The van der Waals surface area contributed by atoms with E-state index in [9.17, 15) is 0 Å². The molecule has 0 amide bonds. The maximum Gasteiger partial charge on any atom is 0.142 e. The van der Waals surface area contributed by atoms with E-state index in [0.717, 1.165) is 28.4 Å². The topological polar surface area (TPSA) is 30.7 Å². The van der Waals surface area contributed by atoms with Crippen LogP contribution in [0, 0.1) is 6.92 Å². The molecule has 0 fully saturated rings. The normalized spacial score (nSPS) is 11.8. The molecule has 0 unspecified atom stereocenters. The Kier molecular flexibility index (Phi) is 3.15. The summed E-state index contributed by atoms with van der Waals surface area (Å²) in [4.78, 5) is 10.8. The number of hydrogen-bond donors (Lipinski definition) is 0. The molecule has 0 radical (unpaired) electrons. The van der Waals surface area contributed by atoms with Crippen LogP contribution in [0.3, 0.4) is 0 Å². The Bertz CT molecular complexity index is 1250. The molecule has 0 aliphatic heterocycles. The SMILES string of the molecule is CCn1c(-c2cccc3c2sc2nc(C)ccc23)nc2ccccc21. The third-order valence-electron chi connectivity index (χ3n) is 4.72. The Labute approximate surface area is 149 Å². The molecule has 0 saturated heterocycles. The van der Waals surface area contributed by atoms with E-state index in [0.29, 0.717) is 0 Å². The second-order valence-corrected chi connectivity index (χ2v) is 7.26. The van der Waals surface area contributed by atoms with Crippen molar-refractivity contribution in [1.82, 2.24) is 14.5 Å². The first-order valence-electron chi connectivity index (χ1n) is 8.51. The van der Waals surface area contributed by atoms with Crippen LogP contribution in [0.25, 0.3) is 42.7 Å². The van der Waals surface area contributed by atoms with E-state index in [1.54, 1.807) is 11.3 Å². The van der Waals surface area contributed by atoms with Crippen molar-refractivity contribution in [3.05, 3.63) is 60.3 Å². The van der Waals surface area contributed by atoms with Crippen molar-refractivity contribution in [1.29, 1.82) is 0 Å². The minimum Gasteiger partial charge on any atom is -0.324 e. The molecule has 3 heterocycles. The quantitative estimate of drug-likeness (QED) is 0.406. The number of rotatable bonds is 2. The summed E-state index contributed by atoms with van der Waals surface area (Å²) < 4.78 is 3.56. The summed E-state index contributed by atoms with van der Waals surface area (Å²) in [7, 11) is 0. The summed E-state index contributed by atoms with van der Waals surface area (Å²) in [5.41, 5.74) is 4.48. The van der Waals surface area contributed by atoms with Crippen molar-refractivity contribution in [3.8, 4) is 11.4 Å². The maximum absolute atomic E-state index is 4.94. The predicted octanol–water partition coefficient (Wildman–Crippen LogP) is 5.79. The standard InChI is InChI=1S/C21H17N3S/c1-3-24-18-10-5-4-9-17(18)23-20(24)16-8-6-7-14-15-12-11-13(2)22-21(15)25-19(14)16/h4-12H,3H2,1-2H3. The van der Waals surface area contributed by atoms with Crippen LogP contribution in [0.15, 0.2) is 54.6 Å². The van der Waals surface area contributed by atoms with Gasteiger partial charge in [-0.15, -0.1) is 11.3 Å². The van der Waals surface area contributed by atoms with Gasteiger partial charge < -0.3 is 4.57 Å². The van der Waals surface area contributed by atoms with E-state index in [4.69, 9.17) is 9.97 Å². The number of imidazole rings is 1. The van der Waals surface area contributed by atoms with Gasteiger partial charge in [-0.25, -0.2) is 9.97 Å². The van der Waals surface area contributed by atoms with Crippen molar-refractivity contribution >= 4 is 42.7 Å². The van der Waals surface area contributed by atoms with Crippen LogP contribution < -0.4 is 0 Å². The number of benzene rings is 2. The van der Waals surface area contributed by atoms with E-state index >= 15 is 0 Å². The fourth-order valence-electron chi connectivity index (χ4n) is 3.55. The predicted molar refractivity (Wildman–Crippen MR) is 106 cm³/mol. The Morgan fingerprint density at radius 1 is 0.920 bits per heavy atom. The molecule has 4 heteroatoms. The highest BCUT2D eigenvalue weighted by molar-refractivity contribution is 7.26. The lowest BCUT2D eigenvalue weighted by Crippen LogP contribution is -1.97. The van der Waals surface area contributed by atoms with Crippen LogP contribution in [0.2, 0.25) is 0 Å². The minimum atomic E-state index is 0.897. The zero-order chi connectivity index (χ0) is 17.0. The second kappa shape index (κ2) is 5.39. The highest BCUT2D eigenvalue weighted by atomic mass is 32.1. The van der Waals surface area contributed by atoms with Gasteiger partial charge in [-0.3, -0.25) is 0 Å². The summed E-state index contributed by atoms with van der Waals surface area (Å²) in [6.07, 6.45) is 0.